The summed E-state index contributed by atoms with van der Waals surface area (Å²) in [5, 5.41) is 8.95. The number of ether oxygens (including phenoxy) is 1. The lowest BCUT2D eigenvalue weighted by Crippen LogP contribution is -1.93. The molecule has 0 amide bonds. The summed E-state index contributed by atoms with van der Waals surface area (Å²) in [6, 6.07) is 9.35. The summed E-state index contributed by atoms with van der Waals surface area (Å²) in [6.45, 7) is 1.81. The third kappa shape index (κ3) is 3.83. The molecule has 0 atom stereocenters. The zero-order valence-electron chi connectivity index (χ0n) is 11.1. The number of rotatable bonds is 4. The van der Waals surface area contributed by atoms with Crippen molar-refractivity contribution >= 4 is 23.6 Å². The van der Waals surface area contributed by atoms with Gasteiger partial charge in [-0.3, -0.25) is 0 Å². The Morgan fingerprint density at radius 1 is 1.33 bits per heavy atom. The van der Waals surface area contributed by atoms with E-state index in [2.05, 4.69) is 0 Å². The van der Waals surface area contributed by atoms with E-state index >= 15 is 0 Å². The molecule has 1 N–H and O–H groups in total. The Kier molecular flexibility index (Phi) is 4.60. The highest BCUT2D eigenvalue weighted by Gasteiger charge is 2.11. The van der Waals surface area contributed by atoms with Crippen LogP contribution in [0.3, 0.4) is 0 Å². The molecule has 0 saturated carbocycles. The number of hydrogen-bond donors (Lipinski definition) is 1. The first kappa shape index (κ1) is 15.1. The largest absolute Gasteiger partial charge is 0.478 e. The molecule has 2 rings (SSSR count). The van der Waals surface area contributed by atoms with E-state index in [4.69, 9.17) is 21.4 Å². The van der Waals surface area contributed by atoms with Crippen molar-refractivity contribution < 1.29 is 19.0 Å². The maximum Gasteiger partial charge on any atom is 0.328 e. The lowest BCUT2D eigenvalue weighted by molar-refractivity contribution is -0.131. The summed E-state index contributed by atoms with van der Waals surface area (Å²) in [6.07, 6.45) is 2.31. The molecule has 0 unspecified atom stereocenters. The fourth-order valence-electron chi connectivity index (χ4n) is 1.72. The predicted molar refractivity (Wildman–Crippen MR) is 79.3 cm³/mol. The van der Waals surface area contributed by atoms with Gasteiger partial charge in [0.1, 0.15) is 0 Å². The number of para-hydroxylation sites is 1. The van der Waals surface area contributed by atoms with E-state index in [0.29, 0.717) is 5.56 Å². The lowest BCUT2D eigenvalue weighted by Gasteiger charge is -2.12. The van der Waals surface area contributed by atoms with Crippen molar-refractivity contribution in [3.05, 3.63) is 64.4 Å². The molecule has 5 heteroatoms. The minimum Gasteiger partial charge on any atom is -0.478 e. The van der Waals surface area contributed by atoms with Crippen molar-refractivity contribution in [1.82, 2.24) is 0 Å². The number of carboxylic acids is 1. The third-order valence-corrected chi connectivity index (χ3v) is 3.00. The third-order valence-electron chi connectivity index (χ3n) is 2.70. The van der Waals surface area contributed by atoms with Gasteiger partial charge in [0.15, 0.2) is 17.3 Å². The first-order valence-electron chi connectivity index (χ1n) is 6.11. The Labute approximate surface area is 126 Å². The maximum atomic E-state index is 13.8. The molecular weight excluding hydrogens is 295 g/mol. The van der Waals surface area contributed by atoms with Gasteiger partial charge in [-0.15, -0.1) is 0 Å². The molecule has 0 radical (unpaired) electrons. The van der Waals surface area contributed by atoms with Crippen LogP contribution in [-0.2, 0) is 4.79 Å². The number of hydrogen-bond acceptors (Lipinski definition) is 2. The summed E-state index contributed by atoms with van der Waals surface area (Å²) in [5.41, 5.74) is 1.28. The fourth-order valence-corrected chi connectivity index (χ4v) is 1.94. The molecular formula is C16H12ClFO3. The van der Waals surface area contributed by atoms with Gasteiger partial charge in [-0.2, -0.15) is 0 Å². The second-order valence-electron chi connectivity index (χ2n) is 4.37. The summed E-state index contributed by atoms with van der Waals surface area (Å²) in [7, 11) is 0. The van der Waals surface area contributed by atoms with Gasteiger partial charge in [0, 0.05) is 11.6 Å². The number of benzene rings is 2. The summed E-state index contributed by atoms with van der Waals surface area (Å²) < 4.78 is 19.3. The van der Waals surface area contributed by atoms with Crippen molar-refractivity contribution in [1.29, 1.82) is 0 Å². The van der Waals surface area contributed by atoms with E-state index in [1.54, 1.807) is 30.3 Å². The van der Waals surface area contributed by atoms with Gasteiger partial charge in [-0.05, 0) is 36.8 Å². The van der Waals surface area contributed by atoms with E-state index in [-0.39, 0.29) is 16.5 Å². The molecule has 0 aliphatic carbocycles. The highest BCUT2D eigenvalue weighted by Crippen LogP contribution is 2.35. The van der Waals surface area contributed by atoms with Crippen LogP contribution in [0.4, 0.5) is 4.39 Å². The van der Waals surface area contributed by atoms with Gasteiger partial charge in [0.25, 0.3) is 0 Å². The van der Waals surface area contributed by atoms with Crippen molar-refractivity contribution in [2.45, 2.75) is 6.92 Å². The minimum atomic E-state index is -1.09. The van der Waals surface area contributed by atoms with Gasteiger partial charge in [-0.25, -0.2) is 9.18 Å². The molecule has 0 heterocycles. The average molecular weight is 307 g/mol. The Morgan fingerprint density at radius 2 is 2.10 bits per heavy atom. The standard InChI is InChI=1S/C16H12ClFO3/c1-10-5-7-13(18)14(9-10)21-16-11(6-8-15(19)20)3-2-4-12(16)17/h2-9H,1H3,(H,19,20)/b8-6+. The normalized spacial score (nSPS) is 10.8. The number of aliphatic carboxylic acids is 1. The maximum absolute atomic E-state index is 13.8. The molecule has 2 aromatic carbocycles. The highest BCUT2D eigenvalue weighted by molar-refractivity contribution is 6.32. The highest BCUT2D eigenvalue weighted by atomic mass is 35.5. The molecule has 0 aliphatic rings. The molecule has 0 aromatic heterocycles. The van der Waals surface area contributed by atoms with Gasteiger partial charge < -0.3 is 9.84 Å². The zero-order valence-corrected chi connectivity index (χ0v) is 11.9. The predicted octanol–water partition coefficient (Wildman–Crippen LogP) is 4.68. The molecule has 0 fully saturated rings. The molecule has 3 nitrogen and oxygen atoms in total. The van der Waals surface area contributed by atoms with E-state index in [1.807, 2.05) is 6.92 Å². The van der Waals surface area contributed by atoms with Crippen LogP contribution in [0.2, 0.25) is 5.02 Å². The van der Waals surface area contributed by atoms with Crippen LogP contribution >= 0.6 is 11.6 Å². The summed E-state index contributed by atoms with van der Waals surface area (Å²) in [4.78, 5) is 10.6. The number of halogens is 2. The molecule has 0 bridgehead atoms. The second kappa shape index (κ2) is 6.41. The molecule has 0 aliphatic heterocycles. The van der Waals surface area contributed by atoms with Crippen LogP contribution in [0.1, 0.15) is 11.1 Å². The SMILES string of the molecule is Cc1ccc(F)c(Oc2c(Cl)cccc2/C=C/C(=O)O)c1. The van der Waals surface area contributed by atoms with Crippen molar-refractivity contribution in [3.63, 3.8) is 0 Å². The number of carbonyl (C=O) groups is 1. The van der Waals surface area contributed by atoms with Gasteiger partial charge in [0.2, 0.25) is 0 Å². The number of aryl methyl sites for hydroxylation is 1. The van der Waals surface area contributed by atoms with Gasteiger partial charge >= 0.3 is 5.97 Å². The van der Waals surface area contributed by atoms with Crippen LogP contribution in [0.15, 0.2) is 42.5 Å². The van der Waals surface area contributed by atoms with Crippen LogP contribution < -0.4 is 4.74 Å². The monoisotopic (exact) mass is 306 g/mol. The van der Waals surface area contributed by atoms with Crippen LogP contribution in [0.25, 0.3) is 6.08 Å². The first-order valence-corrected chi connectivity index (χ1v) is 6.48. The number of carboxylic acid groups (broad SMARTS) is 1. The lowest BCUT2D eigenvalue weighted by atomic mass is 10.1. The van der Waals surface area contributed by atoms with E-state index in [1.165, 1.54) is 12.1 Å². The van der Waals surface area contributed by atoms with Crippen LogP contribution in [-0.4, -0.2) is 11.1 Å². The van der Waals surface area contributed by atoms with Crippen molar-refractivity contribution in [2.75, 3.05) is 0 Å². The smallest absolute Gasteiger partial charge is 0.328 e. The van der Waals surface area contributed by atoms with Gasteiger partial charge in [0.05, 0.1) is 5.02 Å². The topological polar surface area (TPSA) is 46.5 Å². The Balaban J connectivity index is 2.43. The first-order chi connectivity index (χ1) is 9.97. The van der Waals surface area contributed by atoms with Gasteiger partial charge in [-0.1, -0.05) is 29.8 Å². The van der Waals surface area contributed by atoms with Crippen molar-refractivity contribution in [2.24, 2.45) is 0 Å². The van der Waals surface area contributed by atoms with Crippen LogP contribution in [0.5, 0.6) is 11.5 Å². The quantitative estimate of drug-likeness (QED) is 0.834. The molecule has 108 valence electrons. The van der Waals surface area contributed by atoms with E-state index in [9.17, 15) is 9.18 Å². The Bertz CT molecular complexity index is 711. The Hall–Kier alpha value is -2.33. The summed E-state index contributed by atoms with van der Waals surface area (Å²) in [5.74, 6) is -1.37. The van der Waals surface area contributed by atoms with Crippen LogP contribution in [0, 0.1) is 12.7 Å². The molecule has 2 aromatic rings. The molecule has 0 saturated heterocycles. The minimum absolute atomic E-state index is 0.0353. The summed E-state index contributed by atoms with van der Waals surface area (Å²) >= 11 is 6.06. The molecule has 21 heavy (non-hydrogen) atoms. The zero-order chi connectivity index (χ0) is 15.4. The van der Waals surface area contributed by atoms with E-state index in [0.717, 1.165) is 11.6 Å². The Morgan fingerprint density at radius 3 is 2.81 bits per heavy atom. The fraction of sp³-hybridized carbons (Fsp3) is 0.0625. The average Bonchev–Trinajstić information content (AvgIpc) is 2.43. The van der Waals surface area contributed by atoms with E-state index < -0.39 is 11.8 Å². The second-order valence-corrected chi connectivity index (χ2v) is 4.77. The molecule has 0 spiro atoms. The van der Waals surface area contributed by atoms with Crippen molar-refractivity contribution in [3.8, 4) is 11.5 Å².